The van der Waals surface area contributed by atoms with Gasteiger partial charge in [0.1, 0.15) is 11.6 Å². The third kappa shape index (κ3) is 2.67. The molecule has 0 atom stereocenters. The summed E-state index contributed by atoms with van der Waals surface area (Å²) < 4.78 is 15.6. The van der Waals surface area contributed by atoms with Gasteiger partial charge in [-0.2, -0.15) is 5.26 Å². The molecule has 21 heavy (non-hydrogen) atoms. The predicted octanol–water partition coefficient (Wildman–Crippen LogP) is 2.39. The van der Waals surface area contributed by atoms with Crippen LogP contribution >= 0.6 is 0 Å². The summed E-state index contributed by atoms with van der Waals surface area (Å²) in [7, 11) is 0. The summed E-state index contributed by atoms with van der Waals surface area (Å²) in [5, 5.41) is 19.9. The summed E-state index contributed by atoms with van der Waals surface area (Å²) >= 11 is 0. The molecular formula is C15H12FN5. The summed E-state index contributed by atoms with van der Waals surface area (Å²) in [6.07, 6.45) is 2.51. The molecular weight excluding hydrogens is 269 g/mol. The first-order valence-electron chi connectivity index (χ1n) is 6.50. The van der Waals surface area contributed by atoms with E-state index in [1.807, 2.05) is 34.9 Å². The number of rotatable bonds is 4. The van der Waals surface area contributed by atoms with Crippen LogP contribution in [0.5, 0.6) is 0 Å². The highest BCUT2D eigenvalue weighted by Crippen LogP contribution is 2.15. The van der Waals surface area contributed by atoms with E-state index in [2.05, 4.69) is 15.5 Å². The van der Waals surface area contributed by atoms with Crippen LogP contribution in [0, 0.1) is 17.1 Å². The molecule has 5 nitrogen and oxygen atoms in total. The third-order valence-electron chi connectivity index (χ3n) is 3.15. The lowest BCUT2D eigenvalue weighted by Crippen LogP contribution is -2.08. The minimum atomic E-state index is -0.430. The van der Waals surface area contributed by atoms with Gasteiger partial charge in [0.2, 0.25) is 0 Å². The van der Waals surface area contributed by atoms with Gasteiger partial charge in [-0.05, 0) is 30.3 Å². The van der Waals surface area contributed by atoms with E-state index in [-0.39, 0.29) is 0 Å². The molecule has 0 spiro atoms. The lowest BCUT2D eigenvalue weighted by molar-refractivity contribution is 0.629. The first-order chi connectivity index (χ1) is 10.3. The quantitative estimate of drug-likeness (QED) is 0.797. The highest BCUT2D eigenvalue weighted by atomic mass is 19.1. The maximum Gasteiger partial charge on any atom is 0.160 e. The number of benzene rings is 1. The molecule has 0 unspecified atom stereocenters. The molecule has 2 aromatic heterocycles. The largest absolute Gasteiger partial charge is 0.382 e. The molecule has 2 heterocycles. The minimum absolute atomic E-state index is 0.307. The number of nitrogens with one attached hydrogen (secondary N) is 1. The molecule has 0 aliphatic heterocycles. The number of nitriles is 1. The Kier molecular flexibility index (Phi) is 3.48. The van der Waals surface area contributed by atoms with E-state index in [1.54, 1.807) is 12.1 Å². The zero-order chi connectivity index (χ0) is 14.7. The molecule has 0 bridgehead atoms. The van der Waals surface area contributed by atoms with E-state index < -0.39 is 5.82 Å². The molecule has 3 rings (SSSR count). The van der Waals surface area contributed by atoms with Gasteiger partial charge in [0.15, 0.2) is 5.65 Å². The van der Waals surface area contributed by atoms with Crippen LogP contribution in [0.15, 0.2) is 42.6 Å². The Bertz CT molecular complexity index is 818. The molecule has 3 aromatic rings. The maximum atomic E-state index is 13.7. The fourth-order valence-corrected chi connectivity index (χ4v) is 2.10. The Morgan fingerprint density at radius 3 is 2.95 bits per heavy atom. The van der Waals surface area contributed by atoms with Gasteiger partial charge in [-0.15, -0.1) is 10.2 Å². The van der Waals surface area contributed by atoms with Crippen molar-refractivity contribution < 1.29 is 4.39 Å². The van der Waals surface area contributed by atoms with Crippen LogP contribution in [0.25, 0.3) is 5.65 Å². The molecule has 104 valence electrons. The summed E-state index contributed by atoms with van der Waals surface area (Å²) in [6, 6.07) is 12.0. The second kappa shape index (κ2) is 5.59. The number of halogens is 1. The Morgan fingerprint density at radius 2 is 2.14 bits per heavy atom. The van der Waals surface area contributed by atoms with Crippen LogP contribution < -0.4 is 5.32 Å². The molecule has 1 aromatic carbocycles. The molecule has 0 fully saturated rings. The van der Waals surface area contributed by atoms with Crippen molar-refractivity contribution in [3.8, 4) is 6.07 Å². The zero-order valence-electron chi connectivity index (χ0n) is 11.1. The molecule has 6 heteroatoms. The van der Waals surface area contributed by atoms with Crippen molar-refractivity contribution >= 4 is 11.3 Å². The average molecular weight is 281 g/mol. The Labute approximate surface area is 120 Å². The van der Waals surface area contributed by atoms with E-state index in [1.165, 1.54) is 6.07 Å². The lowest BCUT2D eigenvalue weighted by Gasteiger charge is -2.07. The molecule has 0 aliphatic carbocycles. The molecule has 1 N–H and O–H groups in total. The maximum absolute atomic E-state index is 13.7. The van der Waals surface area contributed by atoms with Crippen molar-refractivity contribution in [2.75, 3.05) is 11.9 Å². The highest BCUT2D eigenvalue weighted by Gasteiger charge is 2.06. The Morgan fingerprint density at radius 1 is 1.24 bits per heavy atom. The SMILES string of the molecule is N#Cc1ccc(NCCc2nnc3ccccn23)c(F)c1. The van der Waals surface area contributed by atoms with E-state index in [4.69, 9.17) is 5.26 Å². The number of anilines is 1. The van der Waals surface area contributed by atoms with Crippen LogP contribution in [0.4, 0.5) is 10.1 Å². The normalized spacial score (nSPS) is 10.5. The van der Waals surface area contributed by atoms with E-state index >= 15 is 0 Å². The summed E-state index contributed by atoms with van der Waals surface area (Å²) in [5.74, 6) is 0.382. The summed E-state index contributed by atoms with van der Waals surface area (Å²) in [4.78, 5) is 0. The number of aromatic nitrogens is 3. The van der Waals surface area contributed by atoms with Crippen molar-refractivity contribution in [1.29, 1.82) is 5.26 Å². The Hall–Kier alpha value is -2.94. The molecule has 0 aliphatic rings. The van der Waals surface area contributed by atoms with Crippen molar-refractivity contribution in [2.24, 2.45) is 0 Å². The molecule has 0 saturated carbocycles. The van der Waals surface area contributed by atoms with Gasteiger partial charge < -0.3 is 5.32 Å². The minimum Gasteiger partial charge on any atom is -0.382 e. The number of fused-ring (bicyclic) bond motifs is 1. The summed E-state index contributed by atoms with van der Waals surface area (Å²) in [5.41, 5.74) is 1.47. The van der Waals surface area contributed by atoms with Gasteiger partial charge in [0.05, 0.1) is 17.3 Å². The first kappa shape index (κ1) is 13.1. The van der Waals surface area contributed by atoms with Crippen LogP contribution in [0.1, 0.15) is 11.4 Å². The first-order valence-corrected chi connectivity index (χ1v) is 6.50. The van der Waals surface area contributed by atoms with E-state index in [0.29, 0.717) is 24.2 Å². The third-order valence-corrected chi connectivity index (χ3v) is 3.15. The fraction of sp³-hybridized carbons (Fsp3) is 0.133. The fourth-order valence-electron chi connectivity index (χ4n) is 2.10. The predicted molar refractivity (Wildman–Crippen MR) is 76.3 cm³/mol. The lowest BCUT2D eigenvalue weighted by atomic mass is 10.2. The highest BCUT2D eigenvalue weighted by molar-refractivity contribution is 5.48. The number of hydrogen-bond donors (Lipinski definition) is 1. The monoisotopic (exact) mass is 281 g/mol. The van der Waals surface area contributed by atoms with Crippen molar-refractivity contribution in [3.63, 3.8) is 0 Å². The number of pyridine rings is 1. The van der Waals surface area contributed by atoms with Crippen LogP contribution in [0.3, 0.4) is 0 Å². The van der Waals surface area contributed by atoms with Crippen LogP contribution in [-0.2, 0) is 6.42 Å². The van der Waals surface area contributed by atoms with Crippen LogP contribution in [-0.4, -0.2) is 21.1 Å². The Balaban J connectivity index is 1.68. The van der Waals surface area contributed by atoms with E-state index in [9.17, 15) is 4.39 Å². The topological polar surface area (TPSA) is 66.0 Å². The zero-order valence-corrected chi connectivity index (χ0v) is 11.1. The molecule has 0 radical (unpaired) electrons. The second-order valence-electron chi connectivity index (χ2n) is 4.53. The van der Waals surface area contributed by atoms with Gasteiger partial charge in [-0.3, -0.25) is 4.40 Å². The second-order valence-corrected chi connectivity index (χ2v) is 4.53. The average Bonchev–Trinajstić information content (AvgIpc) is 2.92. The summed E-state index contributed by atoms with van der Waals surface area (Å²) in [6.45, 7) is 0.526. The van der Waals surface area contributed by atoms with Crippen molar-refractivity contribution in [1.82, 2.24) is 14.6 Å². The van der Waals surface area contributed by atoms with Gasteiger partial charge >= 0.3 is 0 Å². The van der Waals surface area contributed by atoms with Gasteiger partial charge in [0, 0.05) is 19.2 Å². The van der Waals surface area contributed by atoms with Gasteiger partial charge in [-0.25, -0.2) is 4.39 Å². The molecule has 0 amide bonds. The molecule has 0 saturated heterocycles. The number of nitrogens with zero attached hydrogens (tertiary/aromatic N) is 4. The standard InChI is InChI=1S/C15H12FN5/c16-12-9-11(10-17)4-5-13(12)18-7-6-15-20-19-14-3-1-2-8-21(14)15/h1-5,8-9,18H,6-7H2. The smallest absolute Gasteiger partial charge is 0.160 e. The number of hydrogen-bond acceptors (Lipinski definition) is 4. The van der Waals surface area contributed by atoms with E-state index in [0.717, 1.165) is 11.5 Å². The van der Waals surface area contributed by atoms with Crippen molar-refractivity contribution in [2.45, 2.75) is 6.42 Å². The van der Waals surface area contributed by atoms with Crippen molar-refractivity contribution in [3.05, 3.63) is 59.8 Å². The van der Waals surface area contributed by atoms with Crippen LogP contribution in [0.2, 0.25) is 0 Å². The van der Waals surface area contributed by atoms with Gasteiger partial charge in [0.25, 0.3) is 0 Å². The van der Waals surface area contributed by atoms with Gasteiger partial charge in [-0.1, -0.05) is 6.07 Å².